The molecule has 1 fully saturated rings. The molecule has 2 aliphatic rings. The van der Waals surface area contributed by atoms with Gasteiger partial charge in [0.15, 0.2) is 5.16 Å². The first-order valence-corrected chi connectivity index (χ1v) is 10.5. The van der Waals surface area contributed by atoms with E-state index >= 15 is 0 Å². The molecule has 1 aromatic heterocycles. The number of carbonyl (C=O) groups excluding carboxylic acids is 1. The van der Waals surface area contributed by atoms with Gasteiger partial charge < -0.3 is 19.7 Å². The molecule has 0 spiro atoms. The molecule has 2 aliphatic heterocycles. The third kappa shape index (κ3) is 3.93. The van der Waals surface area contributed by atoms with Gasteiger partial charge in [-0.25, -0.2) is 9.97 Å². The molecule has 1 N–H and O–H groups in total. The number of hydrogen-bond acceptors (Lipinski definition) is 7. The first-order valence-electron chi connectivity index (χ1n) is 9.32. The zero-order valence-electron chi connectivity index (χ0n) is 16.3. The van der Waals surface area contributed by atoms with Gasteiger partial charge in [-0.15, -0.1) is 0 Å². The van der Waals surface area contributed by atoms with Gasteiger partial charge in [0.05, 0.1) is 24.6 Å². The van der Waals surface area contributed by atoms with Crippen molar-refractivity contribution in [1.82, 2.24) is 9.97 Å². The van der Waals surface area contributed by atoms with Crippen molar-refractivity contribution in [2.24, 2.45) is 0 Å². The monoisotopic (exact) mass is 400 g/mol. The number of hydrogen-bond donors (Lipinski definition) is 1. The number of rotatable bonds is 4. The normalized spacial score (nSPS) is 17.8. The fourth-order valence-corrected chi connectivity index (χ4v) is 3.91. The second-order valence-electron chi connectivity index (χ2n) is 7.50. The molecule has 148 valence electrons. The average molecular weight is 401 g/mol. The highest BCUT2D eigenvalue weighted by Gasteiger charge is 2.32. The Labute approximate surface area is 168 Å². The largest absolute Gasteiger partial charge is 0.487 e. The Morgan fingerprint density at radius 2 is 2.07 bits per heavy atom. The summed E-state index contributed by atoms with van der Waals surface area (Å²) in [5, 5.41) is 3.63. The summed E-state index contributed by atoms with van der Waals surface area (Å²) in [7, 11) is 0. The van der Waals surface area contributed by atoms with Crippen molar-refractivity contribution < 1.29 is 14.3 Å². The Hall–Kier alpha value is -2.32. The molecule has 0 unspecified atom stereocenters. The minimum absolute atomic E-state index is 0.243. The van der Waals surface area contributed by atoms with E-state index in [1.54, 1.807) is 12.3 Å². The second kappa shape index (κ2) is 7.60. The lowest BCUT2D eigenvalue weighted by Crippen LogP contribution is -2.36. The molecule has 0 radical (unpaired) electrons. The van der Waals surface area contributed by atoms with E-state index in [0.29, 0.717) is 24.1 Å². The molecule has 4 rings (SSSR count). The zero-order chi connectivity index (χ0) is 19.7. The van der Waals surface area contributed by atoms with Gasteiger partial charge in [0.25, 0.3) is 5.91 Å². The number of morpholine rings is 1. The van der Waals surface area contributed by atoms with E-state index in [4.69, 9.17) is 9.47 Å². The molecule has 3 heterocycles. The Morgan fingerprint density at radius 1 is 1.29 bits per heavy atom. The van der Waals surface area contributed by atoms with Crippen molar-refractivity contribution in [3.63, 3.8) is 0 Å². The SMILES string of the molecule is CSc1nccc(C(=O)Nc2cc3c(cc2N2CCOCC2)OC(C)(C)C3)n1. The average Bonchev–Trinajstić information content (AvgIpc) is 3.00. The quantitative estimate of drug-likeness (QED) is 0.624. The van der Waals surface area contributed by atoms with Gasteiger partial charge in [0.2, 0.25) is 0 Å². The fourth-order valence-electron chi connectivity index (χ4n) is 3.56. The van der Waals surface area contributed by atoms with E-state index in [1.165, 1.54) is 11.8 Å². The number of ether oxygens (including phenoxy) is 2. The smallest absolute Gasteiger partial charge is 0.274 e. The molecule has 8 heteroatoms. The molecule has 0 bridgehead atoms. The molecule has 0 aliphatic carbocycles. The van der Waals surface area contributed by atoms with Gasteiger partial charge in [-0.2, -0.15) is 0 Å². The second-order valence-corrected chi connectivity index (χ2v) is 8.27. The van der Waals surface area contributed by atoms with Crippen LogP contribution in [0.2, 0.25) is 0 Å². The van der Waals surface area contributed by atoms with Crippen LogP contribution in [0.5, 0.6) is 5.75 Å². The Morgan fingerprint density at radius 3 is 2.82 bits per heavy atom. The standard InChI is InChI=1S/C20H24N4O3S/c1-20(2)12-13-10-15(22-18(25)14-4-5-21-19(23-14)28-3)16(11-17(13)27-20)24-6-8-26-9-7-24/h4-5,10-11H,6-9,12H2,1-3H3,(H,22,25). The Bertz CT molecular complexity index is 897. The molecule has 2 aromatic rings. The van der Waals surface area contributed by atoms with Crippen LogP contribution < -0.4 is 15.0 Å². The molecule has 0 saturated carbocycles. The number of fused-ring (bicyclic) bond motifs is 1. The van der Waals surface area contributed by atoms with Crippen molar-refractivity contribution >= 4 is 29.0 Å². The van der Waals surface area contributed by atoms with Crippen LogP contribution in [-0.2, 0) is 11.2 Å². The van der Waals surface area contributed by atoms with E-state index in [2.05, 4.69) is 34.0 Å². The van der Waals surface area contributed by atoms with Crippen molar-refractivity contribution in [1.29, 1.82) is 0 Å². The first kappa shape index (κ1) is 19.0. The van der Waals surface area contributed by atoms with Crippen LogP contribution in [0.1, 0.15) is 29.9 Å². The fraction of sp³-hybridized carbons (Fsp3) is 0.450. The van der Waals surface area contributed by atoms with Gasteiger partial charge >= 0.3 is 0 Å². The van der Waals surface area contributed by atoms with Crippen LogP contribution in [0, 0.1) is 0 Å². The summed E-state index contributed by atoms with van der Waals surface area (Å²) < 4.78 is 11.6. The number of carbonyl (C=O) groups is 1. The minimum atomic E-state index is -0.245. The summed E-state index contributed by atoms with van der Waals surface area (Å²) in [6.07, 6.45) is 4.30. The van der Waals surface area contributed by atoms with Gasteiger partial charge in [-0.3, -0.25) is 4.79 Å². The Kier molecular flexibility index (Phi) is 5.16. The lowest BCUT2D eigenvalue weighted by Gasteiger charge is -2.31. The number of thioether (sulfide) groups is 1. The van der Waals surface area contributed by atoms with E-state index in [0.717, 1.165) is 42.2 Å². The highest BCUT2D eigenvalue weighted by molar-refractivity contribution is 7.98. The maximum atomic E-state index is 12.9. The summed E-state index contributed by atoms with van der Waals surface area (Å²) in [5.41, 5.74) is 2.94. The zero-order valence-corrected chi connectivity index (χ0v) is 17.1. The molecule has 1 amide bonds. The predicted molar refractivity (Wildman–Crippen MR) is 110 cm³/mol. The van der Waals surface area contributed by atoms with Crippen molar-refractivity contribution in [2.75, 3.05) is 42.8 Å². The molecule has 7 nitrogen and oxygen atoms in total. The predicted octanol–water partition coefficient (Wildman–Crippen LogP) is 3.00. The third-order valence-electron chi connectivity index (χ3n) is 4.83. The summed E-state index contributed by atoms with van der Waals surface area (Å²) in [4.78, 5) is 23.5. The van der Waals surface area contributed by atoms with Gasteiger partial charge in [-0.05, 0) is 32.2 Å². The van der Waals surface area contributed by atoms with Crippen molar-refractivity contribution in [3.8, 4) is 5.75 Å². The first-order chi connectivity index (χ1) is 13.4. The highest BCUT2D eigenvalue weighted by atomic mass is 32.2. The van der Waals surface area contributed by atoms with Crippen LogP contribution in [0.4, 0.5) is 11.4 Å². The summed E-state index contributed by atoms with van der Waals surface area (Å²) in [5.74, 6) is 0.640. The van der Waals surface area contributed by atoms with Crippen LogP contribution >= 0.6 is 11.8 Å². The molecule has 1 aromatic carbocycles. The molecule has 28 heavy (non-hydrogen) atoms. The number of nitrogens with one attached hydrogen (secondary N) is 1. The lowest BCUT2D eigenvalue weighted by atomic mass is 10.0. The minimum Gasteiger partial charge on any atom is -0.487 e. The van der Waals surface area contributed by atoms with Crippen molar-refractivity contribution in [2.45, 2.75) is 31.0 Å². The maximum Gasteiger partial charge on any atom is 0.274 e. The van der Waals surface area contributed by atoms with Crippen LogP contribution in [-0.4, -0.2) is 54.0 Å². The number of benzene rings is 1. The summed E-state index contributed by atoms with van der Waals surface area (Å²) >= 11 is 1.41. The molecular formula is C20H24N4O3S. The highest BCUT2D eigenvalue weighted by Crippen LogP contribution is 2.41. The molecular weight excluding hydrogens is 376 g/mol. The van der Waals surface area contributed by atoms with E-state index in [-0.39, 0.29) is 11.5 Å². The topological polar surface area (TPSA) is 76.6 Å². The van der Waals surface area contributed by atoms with Gasteiger partial charge in [0.1, 0.15) is 17.0 Å². The molecule has 1 saturated heterocycles. The number of amides is 1. The lowest BCUT2D eigenvalue weighted by molar-refractivity contribution is 0.102. The number of nitrogens with zero attached hydrogens (tertiary/aromatic N) is 3. The van der Waals surface area contributed by atoms with Crippen LogP contribution in [0.3, 0.4) is 0 Å². The molecule has 0 atom stereocenters. The van der Waals surface area contributed by atoms with Crippen molar-refractivity contribution in [3.05, 3.63) is 35.7 Å². The van der Waals surface area contributed by atoms with E-state index in [9.17, 15) is 4.79 Å². The van der Waals surface area contributed by atoms with Crippen LogP contribution in [0.25, 0.3) is 0 Å². The third-order valence-corrected chi connectivity index (χ3v) is 5.39. The summed E-state index contributed by atoms with van der Waals surface area (Å²) in [6.45, 7) is 7.03. The van der Waals surface area contributed by atoms with E-state index in [1.807, 2.05) is 18.4 Å². The van der Waals surface area contributed by atoms with E-state index < -0.39 is 0 Å². The maximum absolute atomic E-state index is 12.9. The summed E-state index contributed by atoms with van der Waals surface area (Å²) in [6, 6.07) is 5.70. The number of aromatic nitrogens is 2. The Balaban J connectivity index is 1.67. The van der Waals surface area contributed by atoms with Crippen LogP contribution in [0.15, 0.2) is 29.6 Å². The number of anilines is 2. The van der Waals surface area contributed by atoms with Gasteiger partial charge in [0, 0.05) is 37.3 Å². The van der Waals surface area contributed by atoms with Gasteiger partial charge in [-0.1, -0.05) is 11.8 Å².